The van der Waals surface area contributed by atoms with Crippen LogP contribution in [0.5, 0.6) is 5.75 Å². The van der Waals surface area contributed by atoms with Crippen LogP contribution in [0, 0.1) is 4.91 Å². The summed E-state index contributed by atoms with van der Waals surface area (Å²) in [6, 6.07) is 13.9. The number of benzene rings is 2. The molecule has 0 bridgehead atoms. The average molecular weight is 399 g/mol. The quantitative estimate of drug-likeness (QED) is 0.470. The highest BCUT2D eigenvalue weighted by Gasteiger charge is 2.23. The van der Waals surface area contributed by atoms with Crippen LogP contribution >= 0.6 is 0 Å². The fourth-order valence-corrected chi connectivity index (χ4v) is 4.07. The maximum Gasteiger partial charge on any atom is 0.157 e. The molecule has 1 aliphatic carbocycles. The first-order chi connectivity index (χ1) is 14.7. The Morgan fingerprint density at radius 3 is 2.90 bits per heavy atom. The number of ether oxygens (including phenoxy) is 1. The lowest BCUT2D eigenvalue weighted by Gasteiger charge is -2.11. The number of nitroso groups, excluding NO2 is 1. The van der Waals surface area contributed by atoms with Gasteiger partial charge in [-0.1, -0.05) is 23.4 Å². The van der Waals surface area contributed by atoms with Gasteiger partial charge in [0.05, 0.1) is 19.0 Å². The maximum atomic E-state index is 11.0. The molecule has 0 spiro atoms. The normalized spacial score (nSPS) is 15.2. The van der Waals surface area contributed by atoms with Crippen LogP contribution in [0.3, 0.4) is 0 Å². The number of hydrogen-bond donors (Lipinski definition) is 1. The van der Waals surface area contributed by atoms with Crippen molar-refractivity contribution in [2.75, 3.05) is 12.4 Å². The lowest BCUT2D eigenvalue weighted by Crippen LogP contribution is -2.00. The number of hydrogen-bond acceptors (Lipinski definition) is 6. The lowest BCUT2D eigenvalue weighted by molar-refractivity contribution is 0.414. The molecule has 150 valence electrons. The third kappa shape index (κ3) is 3.28. The Morgan fingerprint density at radius 1 is 1.23 bits per heavy atom. The maximum absolute atomic E-state index is 11.0. The van der Waals surface area contributed by atoms with E-state index in [1.807, 2.05) is 47.0 Å². The van der Waals surface area contributed by atoms with Crippen molar-refractivity contribution >= 4 is 17.2 Å². The van der Waals surface area contributed by atoms with Crippen molar-refractivity contribution in [1.82, 2.24) is 14.4 Å². The molecule has 2 heterocycles. The van der Waals surface area contributed by atoms with E-state index in [0.717, 1.165) is 52.6 Å². The Hall–Kier alpha value is -3.74. The van der Waals surface area contributed by atoms with E-state index in [1.54, 1.807) is 19.5 Å². The summed E-state index contributed by atoms with van der Waals surface area (Å²) in [4.78, 5) is 20.0. The second kappa shape index (κ2) is 7.59. The van der Waals surface area contributed by atoms with Crippen LogP contribution in [0.2, 0.25) is 0 Å². The zero-order valence-electron chi connectivity index (χ0n) is 16.6. The van der Waals surface area contributed by atoms with Crippen LogP contribution in [0.15, 0.2) is 66.2 Å². The van der Waals surface area contributed by atoms with Crippen molar-refractivity contribution in [3.05, 3.63) is 88.3 Å². The SMILES string of the molecule is COc1ccc(Cc2nc3cnccn3c2Nc2ccc3c(c2)CCC3N=O)cc1. The van der Waals surface area contributed by atoms with Gasteiger partial charge < -0.3 is 10.1 Å². The number of nitrogens with one attached hydrogen (secondary N) is 1. The van der Waals surface area contributed by atoms with Crippen molar-refractivity contribution in [1.29, 1.82) is 0 Å². The molecule has 1 N–H and O–H groups in total. The molecule has 1 aliphatic rings. The van der Waals surface area contributed by atoms with Crippen molar-refractivity contribution in [3.63, 3.8) is 0 Å². The monoisotopic (exact) mass is 399 g/mol. The molecule has 0 saturated carbocycles. The summed E-state index contributed by atoms with van der Waals surface area (Å²) in [6.07, 6.45) is 7.74. The lowest BCUT2D eigenvalue weighted by atomic mass is 10.1. The first-order valence-corrected chi connectivity index (χ1v) is 9.91. The molecule has 0 fully saturated rings. The predicted octanol–water partition coefficient (Wildman–Crippen LogP) is 4.83. The summed E-state index contributed by atoms with van der Waals surface area (Å²) >= 11 is 0. The molecule has 30 heavy (non-hydrogen) atoms. The molecular weight excluding hydrogens is 378 g/mol. The van der Waals surface area contributed by atoms with E-state index in [-0.39, 0.29) is 6.04 Å². The van der Waals surface area contributed by atoms with Crippen molar-refractivity contribution in [3.8, 4) is 5.75 Å². The molecule has 1 atom stereocenters. The van der Waals surface area contributed by atoms with Crippen molar-refractivity contribution in [2.45, 2.75) is 25.3 Å². The topological polar surface area (TPSA) is 80.9 Å². The minimum absolute atomic E-state index is 0.221. The van der Waals surface area contributed by atoms with E-state index in [0.29, 0.717) is 6.42 Å². The molecule has 0 saturated heterocycles. The highest BCUT2D eigenvalue weighted by atomic mass is 16.5. The molecule has 0 aliphatic heterocycles. The molecule has 5 rings (SSSR count). The largest absolute Gasteiger partial charge is 0.497 e. The van der Waals surface area contributed by atoms with Gasteiger partial charge in [0, 0.05) is 24.5 Å². The Morgan fingerprint density at radius 2 is 2.10 bits per heavy atom. The number of methoxy groups -OCH3 is 1. The van der Waals surface area contributed by atoms with Gasteiger partial charge in [0.15, 0.2) is 5.65 Å². The Kier molecular flexibility index (Phi) is 4.63. The van der Waals surface area contributed by atoms with Crippen LogP contribution in [0.25, 0.3) is 5.65 Å². The molecule has 4 aromatic rings. The van der Waals surface area contributed by atoms with Crippen LogP contribution in [0.1, 0.15) is 34.8 Å². The molecule has 1 unspecified atom stereocenters. The van der Waals surface area contributed by atoms with Gasteiger partial charge in [-0.2, -0.15) is 4.91 Å². The molecule has 2 aromatic heterocycles. The minimum Gasteiger partial charge on any atom is -0.497 e. The molecule has 2 aromatic carbocycles. The van der Waals surface area contributed by atoms with E-state index in [4.69, 9.17) is 9.72 Å². The standard InChI is InChI=1S/C23H21N5O2/c1-30-18-6-2-15(3-7-18)12-21-23(28-11-10-24-14-22(28)26-21)25-17-5-8-19-16(13-17)4-9-20(19)27-29/h2-3,5-8,10-11,13-14,20,25H,4,9,12H2,1H3. The van der Waals surface area contributed by atoms with E-state index < -0.39 is 0 Å². The second-order valence-electron chi connectivity index (χ2n) is 7.43. The smallest absolute Gasteiger partial charge is 0.157 e. The van der Waals surface area contributed by atoms with Gasteiger partial charge in [0.1, 0.15) is 17.6 Å². The second-order valence-corrected chi connectivity index (χ2v) is 7.43. The summed E-state index contributed by atoms with van der Waals surface area (Å²) in [6.45, 7) is 0. The number of anilines is 2. The number of aromatic nitrogens is 3. The first kappa shape index (κ1) is 18.3. The van der Waals surface area contributed by atoms with Crippen LogP contribution in [-0.2, 0) is 12.8 Å². The van der Waals surface area contributed by atoms with Crippen molar-refractivity contribution in [2.24, 2.45) is 5.18 Å². The van der Waals surface area contributed by atoms with Gasteiger partial charge in [-0.25, -0.2) is 4.98 Å². The van der Waals surface area contributed by atoms with Gasteiger partial charge in [-0.15, -0.1) is 0 Å². The number of nitrogens with zero attached hydrogens (tertiary/aromatic N) is 4. The van der Waals surface area contributed by atoms with E-state index in [9.17, 15) is 4.91 Å². The predicted molar refractivity (Wildman–Crippen MR) is 115 cm³/mol. The average Bonchev–Trinajstić information content (AvgIpc) is 3.35. The fourth-order valence-electron chi connectivity index (χ4n) is 4.07. The third-order valence-corrected chi connectivity index (χ3v) is 5.61. The summed E-state index contributed by atoms with van der Waals surface area (Å²) in [5.74, 6) is 1.74. The zero-order valence-corrected chi connectivity index (χ0v) is 16.6. The van der Waals surface area contributed by atoms with E-state index >= 15 is 0 Å². The molecular formula is C23H21N5O2. The summed E-state index contributed by atoms with van der Waals surface area (Å²) in [5.41, 5.74) is 6.04. The molecule has 7 heteroatoms. The first-order valence-electron chi connectivity index (χ1n) is 9.91. The van der Waals surface area contributed by atoms with E-state index in [2.05, 4.69) is 21.5 Å². The van der Waals surface area contributed by atoms with Crippen molar-refractivity contribution < 1.29 is 4.74 Å². The summed E-state index contributed by atoms with van der Waals surface area (Å²) < 4.78 is 7.26. The number of aryl methyl sites for hydroxylation is 1. The van der Waals surface area contributed by atoms with Gasteiger partial charge in [-0.3, -0.25) is 9.38 Å². The molecule has 0 radical (unpaired) electrons. The number of rotatable bonds is 6. The molecule has 0 amide bonds. The Bertz CT molecular complexity index is 1220. The van der Waals surface area contributed by atoms with Gasteiger partial charge >= 0.3 is 0 Å². The Balaban J connectivity index is 1.50. The Labute approximate surface area is 173 Å². The van der Waals surface area contributed by atoms with Crippen LogP contribution in [0.4, 0.5) is 11.5 Å². The fraction of sp³-hybridized carbons (Fsp3) is 0.217. The number of imidazole rings is 1. The highest BCUT2D eigenvalue weighted by molar-refractivity contribution is 5.65. The number of fused-ring (bicyclic) bond motifs is 2. The van der Waals surface area contributed by atoms with E-state index in [1.165, 1.54) is 5.56 Å². The van der Waals surface area contributed by atoms with Gasteiger partial charge in [0.2, 0.25) is 0 Å². The van der Waals surface area contributed by atoms with Crippen LogP contribution in [-0.4, -0.2) is 21.5 Å². The highest BCUT2D eigenvalue weighted by Crippen LogP contribution is 2.36. The minimum atomic E-state index is -0.221. The summed E-state index contributed by atoms with van der Waals surface area (Å²) in [5, 5.41) is 6.79. The van der Waals surface area contributed by atoms with Gasteiger partial charge in [-0.05, 0) is 53.8 Å². The van der Waals surface area contributed by atoms with Crippen LogP contribution < -0.4 is 10.1 Å². The summed E-state index contributed by atoms with van der Waals surface area (Å²) in [7, 11) is 1.66. The third-order valence-electron chi connectivity index (χ3n) is 5.61. The zero-order chi connectivity index (χ0) is 20.5. The van der Waals surface area contributed by atoms with Gasteiger partial charge in [0.25, 0.3) is 0 Å². The molecule has 7 nitrogen and oxygen atoms in total.